The Kier molecular flexibility index (Phi) is 7.65. The van der Waals surface area contributed by atoms with E-state index in [1.807, 2.05) is 6.92 Å². The molecule has 0 radical (unpaired) electrons. The highest BCUT2D eigenvalue weighted by atomic mass is 35.5. The van der Waals surface area contributed by atoms with E-state index in [4.69, 9.17) is 23.2 Å². The van der Waals surface area contributed by atoms with E-state index in [1.54, 1.807) is 32.2 Å². The predicted octanol–water partition coefficient (Wildman–Crippen LogP) is 1.36. The molecule has 22 heavy (non-hydrogen) atoms. The molecule has 5 nitrogen and oxygen atoms in total. The number of nitrogens with one attached hydrogen (secondary N) is 3. The van der Waals surface area contributed by atoms with Crippen LogP contribution in [0.15, 0.2) is 18.2 Å². The van der Waals surface area contributed by atoms with Gasteiger partial charge in [0.05, 0.1) is 17.8 Å². The van der Waals surface area contributed by atoms with Gasteiger partial charge in [0.15, 0.2) is 12.6 Å². The molecule has 1 aromatic carbocycles. The highest BCUT2D eigenvalue weighted by molar-refractivity contribution is 6.35. The number of halogens is 2. The molecule has 3 N–H and O–H groups in total. The summed E-state index contributed by atoms with van der Waals surface area (Å²) in [5, 5.41) is 6.45. The van der Waals surface area contributed by atoms with E-state index in [9.17, 15) is 9.59 Å². The summed E-state index contributed by atoms with van der Waals surface area (Å²) in [6, 6.07) is 4.47. The maximum Gasteiger partial charge on any atom is 0.282 e. The van der Waals surface area contributed by atoms with Crippen molar-refractivity contribution in [3.8, 4) is 0 Å². The van der Waals surface area contributed by atoms with Gasteiger partial charge < -0.3 is 15.5 Å². The maximum absolute atomic E-state index is 12.2. The molecular weight excluding hydrogens is 325 g/mol. The Labute approximate surface area is 141 Å². The molecule has 122 valence electrons. The summed E-state index contributed by atoms with van der Waals surface area (Å²) in [5.74, 6) is -0.287. The van der Waals surface area contributed by atoms with Crippen molar-refractivity contribution in [1.82, 2.24) is 5.32 Å². The summed E-state index contributed by atoms with van der Waals surface area (Å²) in [4.78, 5) is 24.7. The lowest BCUT2D eigenvalue weighted by atomic mass is 10.2. The van der Waals surface area contributed by atoms with Crippen LogP contribution in [-0.4, -0.2) is 38.0 Å². The summed E-state index contributed by atoms with van der Waals surface area (Å²) in [7, 11) is 1.80. The van der Waals surface area contributed by atoms with Crippen molar-refractivity contribution in [1.29, 1.82) is 0 Å². The molecule has 1 aromatic rings. The van der Waals surface area contributed by atoms with Gasteiger partial charge in [-0.25, -0.2) is 0 Å². The minimum atomic E-state index is -0.401. The van der Waals surface area contributed by atoms with Gasteiger partial charge in [0.25, 0.3) is 11.8 Å². The fraction of sp³-hybridized carbons (Fsp3) is 0.467. The fourth-order valence-corrected chi connectivity index (χ4v) is 2.13. The summed E-state index contributed by atoms with van der Waals surface area (Å²) in [6.07, 6.45) is 0.883. The smallest absolute Gasteiger partial charge is 0.282 e. The maximum atomic E-state index is 12.2. The Bertz CT molecular complexity index is 538. The highest BCUT2D eigenvalue weighted by Crippen LogP contribution is 2.25. The molecule has 0 bridgehead atoms. The number of hydrogen-bond donors (Lipinski definition) is 3. The van der Waals surface area contributed by atoms with Gasteiger partial charge in [0.1, 0.15) is 0 Å². The fourth-order valence-electron chi connectivity index (χ4n) is 1.79. The van der Waals surface area contributed by atoms with E-state index in [2.05, 4.69) is 10.6 Å². The Balaban J connectivity index is 2.60. The molecule has 2 amide bonds. The number of anilines is 1. The van der Waals surface area contributed by atoms with Gasteiger partial charge in [-0.15, -0.1) is 0 Å². The zero-order valence-electron chi connectivity index (χ0n) is 13.0. The average molecular weight is 347 g/mol. The van der Waals surface area contributed by atoms with Crippen molar-refractivity contribution in [2.24, 2.45) is 0 Å². The number of quaternary nitrogens is 1. The summed E-state index contributed by atoms with van der Waals surface area (Å²) in [6.45, 7) is 4.63. The number of carbonyl (C=O) groups is 2. The van der Waals surface area contributed by atoms with Crippen LogP contribution in [0.2, 0.25) is 10.0 Å². The average Bonchev–Trinajstić information content (AvgIpc) is 2.47. The molecular formula is C15H22Cl2N3O2+. The van der Waals surface area contributed by atoms with Crippen LogP contribution < -0.4 is 15.5 Å². The van der Waals surface area contributed by atoms with Gasteiger partial charge in [0.2, 0.25) is 0 Å². The van der Waals surface area contributed by atoms with Gasteiger partial charge in [0, 0.05) is 11.6 Å². The monoisotopic (exact) mass is 346 g/mol. The molecule has 0 fully saturated rings. The molecule has 1 unspecified atom stereocenters. The summed E-state index contributed by atoms with van der Waals surface area (Å²) in [5.41, 5.74) is 0.467. The number of likely N-dealkylation sites (N-methyl/N-ethyl adjacent to an activating group) is 1. The number of carbonyl (C=O) groups excluding carboxylic acids is 2. The van der Waals surface area contributed by atoms with Crippen molar-refractivity contribution < 1.29 is 14.5 Å². The molecule has 0 aliphatic rings. The topological polar surface area (TPSA) is 62.6 Å². The SMILES string of the molecule is CCCNC(=O)C[NH+](C)[C@@H](C)C(=O)Nc1cc(Cl)ccc1Cl. The van der Waals surface area contributed by atoms with Crippen molar-refractivity contribution in [2.75, 3.05) is 25.5 Å². The van der Waals surface area contributed by atoms with Crippen LogP contribution in [0.4, 0.5) is 5.69 Å². The van der Waals surface area contributed by atoms with Crippen LogP contribution in [0.1, 0.15) is 20.3 Å². The number of hydrogen-bond acceptors (Lipinski definition) is 2. The van der Waals surface area contributed by atoms with Gasteiger partial charge in [-0.2, -0.15) is 0 Å². The van der Waals surface area contributed by atoms with Crippen LogP contribution in [0.3, 0.4) is 0 Å². The van der Waals surface area contributed by atoms with Crippen LogP contribution >= 0.6 is 23.2 Å². The zero-order valence-corrected chi connectivity index (χ0v) is 14.5. The van der Waals surface area contributed by atoms with Crippen molar-refractivity contribution in [3.63, 3.8) is 0 Å². The first kappa shape index (κ1) is 18.7. The molecule has 0 saturated carbocycles. The minimum absolute atomic E-state index is 0.0696. The Morgan fingerprint density at radius 1 is 1.32 bits per heavy atom. The first-order chi connectivity index (χ1) is 10.3. The largest absolute Gasteiger partial charge is 0.351 e. The number of amides is 2. The molecule has 1 rings (SSSR count). The third-order valence-corrected chi connectivity index (χ3v) is 3.90. The van der Waals surface area contributed by atoms with Crippen LogP contribution in [0, 0.1) is 0 Å². The second-order valence-electron chi connectivity index (χ2n) is 5.21. The van der Waals surface area contributed by atoms with E-state index in [0.29, 0.717) is 22.3 Å². The standard InChI is InChI=1S/C15H21Cl2N3O2/c1-4-7-18-14(21)9-20(3)10(2)15(22)19-13-8-11(16)5-6-12(13)17/h5-6,8,10H,4,7,9H2,1-3H3,(H,18,21)(H,19,22)/p+1/t10-/m0/s1. The number of benzene rings is 1. The normalized spacial score (nSPS) is 13.3. The van der Waals surface area contributed by atoms with Crippen molar-refractivity contribution in [2.45, 2.75) is 26.3 Å². The van der Waals surface area contributed by atoms with E-state index in [-0.39, 0.29) is 18.4 Å². The lowest BCUT2D eigenvalue weighted by molar-refractivity contribution is -0.885. The lowest BCUT2D eigenvalue weighted by Crippen LogP contribution is -3.15. The Morgan fingerprint density at radius 3 is 2.64 bits per heavy atom. The van der Waals surface area contributed by atoms with E-state index in [1.165, 1.54) is 0 Å². The van der Waals surface area contributed by atoms with Crippen LogP contribution in [0.25, 0.3) is 0 Å². The third-order valence-electron chi connectivity index (χ3n) is 3.33. The molecule has 0 aromatic heterocycles. The predicted molar refractivity (Wildman–Crippen MR) is 89.6 cm³/mol. The first-order valence-corrected chi connectivity index (χ1v) is 7.95. The van der Waals surface area contributed by atoms with Crippen LogP contribution in [-0.2, 0) is 9.59 Å². The first-order valence-electron chi connectivity index (χ1n) is 7.20. The quantitative estimate of drug-likeness (QED) is 0.698. The number of rotatable bonds is 7. The molecule has 0 aliphatic heterocycles. The van der Waals surface area contributed by atoms with Gasteiger partial charge in [-0.05, 0) is 31.5 Å². The van der Waals surface area contributed by atoms with Gasteiger partial charge in [-0.3, -0.25) is 9.59 Å². The molecule has 0 aliphatic carbocycles. The van der Waals surface area contributed by atoms with E-state index in [0.717, 1.165) is 11.3 Å². The highest BCUT2D eigenvalue weighted by Gasteiger charge is 2.24. The summed E-state index contributed by atoms with van der Waals surface area (Å²) < 4.78 is 0. The zero-order chi connectivity index (χ0) is 16.7. The van der Waals surface area contributed by atoms with Crippen molar-refractivity contribution >= 4 is 40.7 Å². The lowest BCUT2D eigenvalue weighted by Gasteiger charge is -2.21. The summed E-state index contributed by atoms with van der Waals surface area (Å²) >= 11 is 11.9. The van der Waals surface area contributed by atoms with E-state index >= 15 is 0 Å². The molecule has 7 heteroatoms. The molecule has 0 spiro atoms. The van der Waals surface area contributed by atoms with Crippen molar-refractivity contribution in [3.05, 3.63) is 28.2 Å². The molecule has 2 atom stereocenters. The van der Waals surface area contributed by atoms with Crippen LogP contribution in [0.5, 0.6) is 0 Å². The van der Waals surface area contributed by atoms with Gasteiger partial charge in [-0.1, -0.05) is 30.1 Å². The van der Waals surface area contributed by atoms with E-state index < -0.39 is 6.04 Å². The molecule has 0 heterocycles. The third kappa shape index (κ3) is 5.83. The van der Waals surface area contributed by atoms with Gasteiger partial charge >= 0.3 is 0 Å². The molecule has 0 saturated heterocycles. The second-order valence-corrected chi connectivity index (χ2v) is 6.05. The minimum Gasteiger partial charge on any atom is -0.351 e. The Morgan fingerprint density at radius 2 is 2.00 bits per heavy atom. The Hall–Kier alpha value is -1.30. The second kappa shape index (κ2) is 8.98.